The summed E-state index contributed by atoms with van der Waals surface area (Å²) in [5, 5.41) is 12.2. The summed E-state index contributed by atoms with van der Waals surface area (Å²) in [6.07, 6.45) is 2.63. The molecule has 4 nitrogen and oxygen atoms in total. The Morgan fingerprint density at radius 2 is 2.06 bits per heavy atom. The van der Waals surface area contributed by atoms with E-state index in [4.69, 9.17) is 0 Å². The second-order valence-corrected chi connectivity index (χ2v) is 3.88. The predicted octanol–water partition coefficient (Wildman–Crippen LogP) is 2.60. The summed E-state index contributed by atoms with van der Waals surface area (Å²) in [5.41, 5.74) is 1.34. The molecule has 0 unspecified atom stereocenters. The molecule has 0 saturated carbocycles. The first-order valence-electron chi connectivity index (χ1n) is 5.75. The Kier molecular flexibility index (Phi) is 3.57. The van der Waals surface area contributed by atoms with E-state index in [1.807, 2.05) is 13.0 Å². The van der Waals surface area contributed by atoms with E-state index >= 15 is 0 Å². The van der Waals surface area contributed by atoms with Gasteiger partial charge < -0.3 is 10.4 Å². The molecule has 1 aromatic heterocycles. The zero-order chi connectivity index (χ0) is 13.0. The number of rotatable bonds is 3. The van der Waals surface area contributed by atoms with Crippen LogP contribution in [0.2, 0.25) is 0 Å². The highest BCUT2D eigenvalue weighted by molar-refractivity contribution is 6.05. The average Bonchev–Trinajstić information content (AvgIpc) is 2.40. The summed E-state index contributed by atoms with van der Waals surface area (Å²) >= 11 is 0. The summed E-state index contributed by atoms with van der Waals surface area (Å²) in [4.78, 5) is 16.0. The number of nitrogens with zero attached hydrogens (tertiary/aromatic N) is 1. The number of hydrogen-bond donors (Lipinski definition) is 2. The van der Waals surface area contributed by atoms with Crippen LogP contribution in [-0.4, -0.2) is 16.0 Å². The Bertz CT molecular complexity index is 550. The first kappa shape index (κ1) is 12.1. The Balaban J connectivity index is 2.14. The van der Waals surface area contributed by atoms with Gasteiger partial charge in [-0.05, 0) is 30.2 Å². The molecular weight excluding hydrogens is 228 g/mol. The van der Waals surface area contributed by atoms with Crippen molar-refractivity contribution < 1.29 is 9.90 Å². The van der Waals surface area contributed by atoms with E-state index in [1.165, 1.54) is 6.07 Å². The smallest absolute Gasteiger partial charge is 0.260 e. The molecule has 0 aliphatic heterocycles. The molecule has 4 heteroatoms. The molecule has 1 aromatic carbocycles. The van der Waals surface area contributed by atoms with Gasteiger partial charge in [0.05, 0.1) is 5.56 Å². The van der Waals surface area contributed by atoms with Crippen molar-refractivity contribution in [1.29, 1.82) is 0 Å². The standard InChI is InChI=1S/C14H14N2O2/c1-2-10-7-8-13(15-9-10)16-14(18)11-5-3-4-6-12(11)17/h3-9,17H,2H2,1H3,(H,15,16,18). The zero-order valence-electron chi connectivity index (χ0n) is 10.1. The number of pyridine rings is 1. The van der Waals surface area contributed by atoms with Crippen LogP contribution < -0.4 is 5.32 Å². The quantitative estimate of drug-likeness (QED) is 0.869. The number of aryl methyl sites for hydroxylation is 1. The van der Waals surface area contributed by atoms with Crippen LogP contribution in [0.25, 0.3) is 0 Å². The number of benzene rings is 1. The number of phenols is 1. The fourth-order valence-electron chi connectivity index (χ4n) is 1.56. The summed E-state index contributed by atoms with van der Waals surface area (Å²) in [6.45, 7) is 2.04. The maximum absolute atomic E-state index is 11.9. The van der Waals surface area contributed by atoms with Crippen LogP contribution in [0.15, 0.2) is 42.6 Å². The van der Waals surface area contributed by atoms with E-state index in [-0.39, 0.29) is 17.2 Å². The van der Waals surface area contributed by atoms with Crippen molar-refractivity contribution in [2.75, 3.05) is 5.32 Å². The van der Waals surface area contributed by atoms with Gasteiger partial charge in [0.15, 0.2) is 0 Å². The summed E-state index contributed by atoms with van der Waals surface area (Å²) in [7, 11) is 0. The van der Waals surface area contributed by atoms with Crippen molar-refractivity contribution in [3.63, 3.8) is 0 Å². The number of hydrogen-bond acceptors (Lipinski definition) is 3. The molecule has 0 fully saturated rings. The van der Waals surface area contributed by atoms with Crippen LogP contribution in [-0.2, 0) is 6.42 Å². The molecule has 0 atom stereocenters. The highest BCUT2D eigenvalue weighted by Gasteiger charge is 2.10. The number of phenolic OH excluding ortho intramolecular Hbond substituents is 1. The lowest BCUT2D eigenvalue weighted by atomic mass is 10.2. The average molecular weight is 242 g/mol. The van der Waals surface area contributed by atoms with E-state index in [0.717, 1.165) is 12.0 Å². The predicted molar refractivity (Wildman–Crippen MR) is 69.7 cm³/mol. The largest absolute Gasteiger partial charge is 0.507 e. The van der Waals surface area contributed by atoms with E-state index in [9.17, 15) is 9.90 Å². The van der Waals surface area contributed by atoms with Crippen LogP contribution in [0.5, 0.6) is 5.75 Å². The molecule has 1 heterocycles. The lowest BCUT2D eigenvalue weighted by Crippen LogP contribution is -2.13. The van der Waals surface area contributed by atoms with Crippen molar-refractivity contribution in [2.24, 2.45) is 0 Å². The lowest BCUT2D eigenvalue weighted by molar-refractivity contribution is 0.102. The lowest BCUT2D eigenvalue weighted by Gasteiger charge is -2.06. The number of aromatic hydroxyl groups is 1. The second-order valence-electron chi connectivity index (χ2n) is 3.88. The number of amides is 1. The van der Waals surface area contributed by atoms with Gasteiger partial charge >= 0.3 is 0 Å². The maximum Gasteiger partial charge on any atom is 0.260 e. The Morgan fingerprint density at radius 3 is 2.67 bits per heavy atom. The number of para-hydroxylation sites is 1. The number of carbonyl (C=O) groups excluding carboxylic acids is 1. The van der Waals surface area contributed by atoms with Crippen LogP contribution in [0.1, 0.15) is 22.8 Å². The van der Waals surface area contributed by atoms with Crippen LogP contribution in [0.4, 0.5) is 5.82 Å². The van der Waals surface area contributed by atoms with Crippen LogP contribution in [0.3, 0.4) is 0 Å². The van der Waals surface area contributed by atoms with Crippen LogP contribution >= 0.6 is 0 Å². The summed E-state index contributed by atoms with van der Waals surface area (Å²) in [6, 6.07) is 10.1. The van der Waals surface area contributed by atoms with Crippen molar-refractivity contribution in [1.82, 2.24) is 4.98 Å². The molecule has 0 aliphatic carbocycles. The van der Waals surface area contributed by atoms with Gasteiger partial charge in [-0.1, -0.05) is 25.1 Å². The summed E-state index contributed by atoms with van der Waals surface area (Å²) < 4.78 is 0. The van der Waals surface area contributed by atoms with Gasteiger partial charge in [0.1, 0.15) is 11.6 Å². The third kappa shape index (κ3) is 2.66. The van der Waals surface area contributed by atoms with Crippen molar-refractivity contribution in [3.8, 4) is 5.75 Å². The molecule has 2 N–H and O–H groups in total. The SMILES string of the molecule is CCc1ccc(NC(=O)c2ccccc2O)nc1. The maximum atomic E-state index is 11.9. The molecule has 2 aromatic rings. The normalized spacial score (nSPS) is 10.1. The molecule has 1 amide bonds. The van der Waals surface area contributed by atoms with E-state index in [1.54, 1.807) is 30.5 Å². The fourth-order valence-corrected chi connectivity index (χ4v) is 1.56. The van der Waals surface area contributed by atoms with Gasteiger partial charge in [0, 0.05) is 6.20 Å². The molecule has 0 aliphatic rings. The number of anilines is 1. The minimum Gasteiger partial charge on any atom is -0.507 e. The van der Waals surface area contributed by atoms with Crippen LogP contribution in [0, 0.1) is 0 Å². The third-order valence-electron chi connectivity index (χ3n) is 2.62. The van der Waals surface area contributed by atoms with Gasteiger partial charge in [-0.15, -0.1) is 0 Å². The highest BCUT2D eigenvalue weighted by Crippen LogP contribution is 2.17. The number of nitrogens with one attached hydrogen (secondary N) is 1. The third-order valence-corrected chi connectivity index (χ3v) is 2.62. The molecular formula is C14H14N2O2. The summed E-state index contributed by atoms with van der Waals surface area (Å²) in [5.74, 6) is 0.0606. The van der Waals surface area contributed by atoms with Gasteiger partial charge in [0.25, 0.3) is 5.91 Å². The highest BCUT2D eigenvalue weighted by atomic mass is 16.3. The molecule has 0 bridgehead atoms. The Hall–Kier alpha value is -2.36. The first-order chi connectivity index (χ1) is 8.70. The molecule has 18 heavy (non-hydrogen) atoms. The molecule has 92 valence electrons. The molecule has 2 rings (SSSR count). The topological polar surface area (TPSA) is 62.2 Å². The minimum atomic E-state index is -0.371. The molecule has 0 spiro atoms. The number of carbonyl (C=O) groups is 1. The first-order valence-corrected chi connectivity index (χ1v) is 5.75. The van der Waals surface area contributed by atoms with E-state index < -0.39 is 0 Å². The van der Waals surface area contributed by atoms with E-state index in [0.29, 0.717) is 5.82 Å². The van der Waals surface area contributed by atoms with Gasteiger partial charge in [-0.25, -0.2) is 4.98 Å². The van der Waals surface area contributed by atoms with Crippen molar-refractivity contribution in [3.05, 3.63) is 53.7 Å². The van der Waals surface area contributed by atoms with E-state index in [2.05, 4.69) is 10.3 Å². The van der Waals surface area contributed by atoms with Crippen molar-refractivity contribution >= 4 is 11.7 Å². The molecule has 0 saturated heterocycles. The van der Waals surface area contributed by atoms with Crippen molar-refractivity contribution in [2.45, 2.75) is 13.3 Å². The van der Waals surface area contributed by atoms with Gasteiger partial charge in [-0.2, -0.15) is 0 Å². The Morgan fingerprint density at radius 1 is 1.28 bits per heavy atom. The molecule has 0 radical (unpaired) electrons. The number of aromatic nitrogens is 1. The zero-order valence-corrected chi connectivity index (χ0v) is 10.1. The Labute approximate surface area is 105 Å². The second kappa shape index (κ2) is 5.31. The fraction of sp³-hybridized carbons (Fsp3) is 0.143. The monoisotopic (exact) mass is 242 g/mol. The van der Waals surface area contributed by atoms with Gasteiger partial charge in [0.2, 0.25) is 0 Å². The van der Waals surface area contributed by atoms with Gasteiger partial charge in [-0.3, -0.25) is 4.79 Å². The minimum absolute atomic E-state index is 0.0415.